The van der Waals surface area contributed by atoms with Crippen LogP contribution in [0.1, 0.15) is 10.4 Å². The molecule has 0 atom stereocenters. The highest BCUT2D eigenvalue weighted by molar-refractivity contribution is 8.13. The zero-order chi connectivity index (χ0) is 10.5. The van der Waals surface area contributed by atoms with Crippen molar-refractivity contribution in [3.05, 3.63) is 35.9 Å². The van der Waals surface area contributed by atoms with E-state index in [0.29, 0.717) is 5.75 Å². The maximum atomic E-state index is 11.7. The Kier molecular flexibility index (Phi) is 5.52. The highest BCUT2D eigenvalue weighted by Crippen LogP contribution is 2.07. The summed E-state index contributed by atoms with van der Waals surface area (Å²) in [5.74, 6) is 0.655. The molecule has 1 aliphatic rings. The number of nitrogens with zero attached hydrogens (tertiary/aromatic N) is 1. The minimum atomic E-state index is 0. The Hall–Kier alpha value is -0.840. The number of amidine groups is 1. The Bertz CT molecular complexity index is 381. The maximum absolute atomic E-state index is 11.7. The smallest absolute Gasteiger partial charge is 0.256 e. The molecule has 0 amide bonds. The lowest BCUT2D eigenvalue weighted by atomic mass is 10.2. The van der Waals surface area contributed by atoms with Crippen LogP contribution in [-0.2, 0) is 0 Å². The van der Waals surface area contributed by atoms with Gasteiger partial charge in [0.15, 0.2) is 5.78 Å². The third kappa shape index (κ3) is 3.63. The van der Waals surface area contributed by atoms with Gasteiger partial charge >= 0.3 is 0 Å². The minimum Gasteiger partial charge on any atom is -1.00 e. The zero-order valence-electron chi connectivity index (χ0n) is 8.73. The first-order valence-electron chi connectivity index (χ1n) is 4.95. The predicted molar refractivity (Wildman–Crippen MR) is 62.3 cm³/mol. The molecule has 1 aromatic carbocycles. The second-order valence-electron chi connectivity index (χ2n) is 3.29. The topological polar surface area (TPSA) is 46.0 Å². The summed E-state index contributed by atoms with van der Waals surface area (Å²) in [4.78, 5) is 16.0. The van der Waals surface area contributed by atoms with Gasteiger partial charge in [-0.3, -0.25) is 10.1 Å². The number of thioether (sulfide) groups is 1. The molecule has 0 radical (unpaired) electrons. The molecule has 0 unspecified atom stereocenters. The van der Waals surface area contributed by atoms with Crippen molar-refractivity contribution in [1.82, 2.24) is 0 Å². The molecule has 2 rings (SSSR count). The van der Waals surface area contributed by atoms with Crippen LogP contribution in [0.3, 0.4) is 0 Å². The number of ketones is 1. The number of carbonyl (C=O) groups is 1. The van der Waals surface area contributed by atoms with E-state index in [9.17, 15) is 4.79 Å². The number of quaternary nitrogens is 1. The quantitative estimate of drug-likeness (QED) is 0.610. The lowest BCUT2D eigenvalue weighted by molar-refractivity contribution is -0.522. The number of rotatable bonds is 3. The van der Waals surface area contributed by atoms with Gasteiger partial charge in [0.1, 0.15) is 6.54 Å². The summed E-state index contributed by atoms with van der Waals surface area (Å²) < 4.78 is 0. The Morgan fingerprint density at radius 1 is 1.38 bits per heavy atom. The van der Waals surface area contributed by atoms with Crippen molar-refractivity contribution >= 4 is 22.7 Å². The van der Waals surface area contributed by atoms with Gasteiger partial charge in [-0.05, 0) is 11.8 Å². The van der Waals surface area contributed by atoms with Gasteiger partial charge in [-0.1, -0.05) is 30.3 Å². The van der Waals surface area contributed by atoms with Crippen LogP contribution in [-0.4, -0.2) is 29.8 Å². The second-order valence-corrected chi connectivity index (χ2v) is 4.29. The number of nitrogens with two attached hydrogens (primary N) is 1. The average Bonchev–Trinajstić information content (AvgIpc) is 2.80. The van der Waals surface area contributed by atoms with Crippen molar-refractivity contribution in [2.24, 2.45) is 4.99 Å². The van der Waals surface area contributed by atoms with Gasteiger partial charge in [0.2, 0.25) is 0 Å². The van der Waals surface area contributed by atoms with Crippen molar-refractivity contribution < 1.29 is 22.5 Å². The molecular weight excluding hydrogens is 244 g/mol. The zero-order valence-corrected chi connectivity index (χ0v) is 10.3. The van der Waals surface area contributed by atoms with Crippen molar-refractivity contribution in [3.63, 3.8) is 0 Å². The first-order valence-corrected chi connectivity index (χ1v) is 5.93. The molecule has 0 aromatic heterocycles. The summed E-state index contributed by atoms with van der Waals surface area (Å²) in [6, 6.07) is 9.39. The fourth-order valence-electron chi connectivity index (χ4n) is 1.38. The van der Waals surface area contributed by atoms with Crippen molar-refractivity contribution in [3.8, 4) is 0 Å². The van der Waals surface area contributed by atoms with Crippen LogP contribution < -0.4 is 17.7 Å². The second kappa shape index (κ2) is 6.68. The number of benzene rings is 1. The van der Waals surface area contributed by atoms with Crippen LogP contribution in [0, 0.1) is 0 Å². The molecular formula is C11H13ClN2OS. The largest absolute Gasteiger partial charge is 1.00 e. The van der Waals surface area contributed by atoms with Gasteiger partial charge in [0.05, 0.1) is 12.3 Å². The summed E-state index contributed by atoms with van der Waals surface area (Å²) in [6.07, 6.45) is 0. The monoisotopic (exact) mass is 256 g/mol. The van der Waals surface area contributed by atoms with Gasteiger partial charge in [-0.25, -0.2) is 4.99 Å². The number of hydrogen-bond donors (Lipinski definition) is 1. The van der Waals surface area contributed by atoms with E-state index >= 15 is 0 Å². The Balaban J connectivity index is 0.00000128. The molecule has 0 bridgehead atoms. The molecule has 3 nitrogen and oxygen atoms in total. The molecule has 0 aliphatic carbocycles. The Morgan fingerprint density at radius 2 is 2.12 bits per heavy atom. The van der Waals surface area contributed by atoms with E-state index in [0.717, 1.165) is 23.8 Å². The highest BCUT2D eigenvalue weighted by Gasteiger charge is 2.13. The van der Waals surface area contributed by atoms with E-state index in [1.807, 2.05) is 30.3 Å². The minimum absolute atomic E-state index is 0. The summed E-state index contributed by atoms with van der Waals surface area (Å²) in [7, 11) is 0. The molecule has 1 aromatic rings. The Labute approximate surface area is 105 Å². The van der Waals surface area contributed by atoms with Crippen LogP contribution >= 0.6 is 11.8 Å². The summed E-state index contributed by atoms with van der Waals surface area (Å²) in [5.41, 5.74) is 0.781. The number of hydrogen-bond acceptors (Lipinski definition) is 3. The molecule has 16 heavy (non-hydrogen) atoms. The van der Waals surface area contributed by atoms with Gasteiger partial charge in [0.25, 0.3) is 5.17 Å². The van der Waals surface area contributed by atoms with E-state index in [1.54, 1.807) is 0 Å². The predicted octanol–water partition coefficient (Wildman–Crippen LogP) is -2.46. The lowest BCUT2D eigenvalue weighted by Gasteiger charge is -1.98. The molecule has 0 fully saturated rings. The molecule has 86 valence electrons. The van der Waals surface area contributed by atoms with Gasteiger partial charge in [-0.15, -0.1) is 0 Å². The molecule has 0 saturated carbocycles. The number of carbonyl (C=O) groups excluding carboxylic acids is 1. The number of Topliss-reactive ketones (excluding diaryl/α,β-unsaturated/α-hetero) is 1. The fourth-order valence-corrected chi connectivity index (χ4v) is 2.24. The number of aliphatic imine (C=N–C) groups is 1. The van der Waals surface area contributed by atoms with E-state index in [4.69, 9.17) is 0 Å². The Morgan fingerprint density at radius 3 is 2.75 bits per heavy atom. The lowest BCUT2D eigenvalue weighted by Crippen LogP contribution is -3.00. The molecule has 1 heterocycles. The standard InChI is InChI=1S/C11H12N2OS.ClH/c14-10(9-4-2-1-3-5-9)8-15-11-12-6-7-13-11;/h1-5H,6-8H2,(H,12,13);1H. The van der Waals surface area contributed by atoms with Crippen LogP contribution in [0.15, 0.2) is 35.3 Å². The summed E-state index contributed by atoms with van der Waals surface area (Å²) in [6.45, 7) is 1.89. The van der Waals surface area contributed by atoms with Crippen LogP contribution in [0.4, 0.5) is 0 Å². The van der Waals surface area contributed by atoms with E-state index in [1.165, 1.54) is 11.8 Å². The molecule has 5 heteroatoms. The van der Waals surface area contributed by atoms with Crippen LogP contribution in [0.25, 0.3) is 0 Å². The summed E-state index contributed by atoms with van der Waals surface area (Å²) >= 11 is 1.53. The molecule has 1 aliphatic heterocycles. The molecule has 2 N–H and O–H groups in total. The summed E-state index contributed by atoms with van der Waals surface area (Å²) in [5, 5.41) is 3.10. The third-order valence-corrected chi connectivity index (χ3v) is 3.16. The van der Waals surface area contributed by atoms with E-state index in [2.05, 4.69) is 10.3 Å². The van der Waals surface area contributed by atoms with Crippen molar-refractivity contribution in [2.45, 2.75) is 0 Å². The van der Waals surface area contributed by atoms with Gasteiger partial charge in [0, 0.05) is 5.56 Å². The van der Waals surface area contributed by atoms with Crippen LogP contribution in [0.2, 0.25) is 0 Å². The molecule has 0 spiro atoms. The van der Waals surface area contributed by atoms with Gasteiger partial charge < -0.3 is 12.4 Å². The highest BCUT2D eigenvalue weighted by atomic mass is 35.5. The van der Waals surface area contributed by atoms with Crippen LogP contribution in [0.5, 0.6) is 0 Å². The first-order chi connectivity index (χ1) is 7.36. The van der Waals surface area contributed by atoms with E-state index < -0.39 is 0 Å². The SMILES string of the molecule is O=C(CSC1=NCC[NH2+]1)c1ccccc1.[Cl-]. The van der Waals surface area contributed by atoms with Crippen molar-refractivity contribution in [2.75, 3.05) is 18.8 Å². The third-order valence-electron chi connectivity index (χ3n) is 2.16. The van der Waals surface area contributed by atoms with E-state index in [-0.39, 0.29) is 18.2 Å². The maximum Gasteiger partial charge on any atom is 0.256 e. The molecule has 0 saturated heterocycles. The normalized spacial score (nSPS) is 14.1. The fraction of sp³-hybridized carbons (Fsp3) is 0.273. The van der Waals surface area contributed by atoms with Crippen molar-refractivity contribution in [1.29, 1.82) is 0 Å². The van der Waals surface area contributed by atoms with Gasteiger partial charge in [-0.2, -0.15) is 0 Å². The first kappa shape index (κ1) is 13.2. The average molecular weight is 257 g/mol. The number of halogens is 1.